The number of benzene rings is 5. The van der Waals surface area contributed by atoms with Crippen LogP contribution in [0, 0.1) is 0 Å². The van der Waals surface area contributed by atoms with Crippen LogP contribution < -0.4 is 4.74 Å². The lowest BCUT2D eigenvalue weighted by Crippen LogP contribution is -2.63. The van der Waals surface area contributed by atoms with Gasteiger partial charge in [0.05, 0.1) is 33.4 Å². The number of phenolic OH excluding ortho intramolecular Hbond substituents is 15. The molecule has 0 spiro atoms. The van der Waals surface area contributed by atoms with Gasteiger partial charge in [-0.2, -0.15) is 0 Å². The van der Waals surface area contributed by atoms with Crippen molar-refractivity contribution in [3.8, 4) is 103 Å². The standard InChI is InChI=1S/C55H36O34/c56-18-1-11(2-19(57)32(18)64)48(74)87-46-43-27(10-81-50(76)13-5-22(60)34(66)39(71)28(13)29-14(51(77)84-43)6-23(61)35(67)40(29)72)83-55(47(46)88-49(75)12-3-20(58)33(65)21(59)4-12)89-54(80)17-8-24(62)36(68)41(73)42(17)82-26-9-16-31-30-15(52(78)86-45(31)38(26)70)7-25(63)37(69)44(30)85-53(16)79/h1-9,27,43-47,55-73H,10H2/p+2. The quantitative estimate of drug-likeness (QED) is 0.0449. The number of cyclic esters (lactones) is 1. The van der Waals surface area contributed by atoms with Crippen LogP contribution >= 0.6 is 0 Å². The third kappa shape index (κ3) is 9.31. The predicted molar refractivity (Wildman–Crippen MR) is 276 cm³/mol. The van der Waals surface area contributed by atoms with Gasteiger partial charge in [0.25, 0.3) is 0 Å². The first kappa shape index (κ1) is 58.0. The summed E-state index contributed by atoms with van der Waals surface area (Å²) in [6.45, 7) is -1.43. The van der Waals surface area contributed by atoms with Crippen LogP contribution in [-0.2, 0) is 38.0 Å². The second-order valence-corrected chi connectivity index (χ2v) is 19.6. The number of allylic oxidation sites excluding steroid dienone is 2. The van der Waals surface area contributed by atoms with Crippen LogP contribution in [0.4, 0.5) is 0 Å². The number of carboxylic acids is 2. The highest BCUT2D eigenvalue weighted by molar-refractivity contribution is 6.09. The summed E-state index contributed by atoms with van der Waals surface area (Å²) in [6, 6.07) is 2.92. The van der Waals surface area contributed by atoms with E-state index in [0.29, 0.717) is 42.5 Å². The van der Waals surface area contributed by atoms with E-state index < -0.39 is 251 Å². The Morgan fingerprint density at radius 2 is 0.921 bits per heavy atom. The number of phenols is 15. The Balaban J connectivity index is 1.06. The number of ether oxygens (including phenoxy) is 9. The highest BCUT2D eigenvalue weighted by atomic mass is 16.7. The van der Waals surface area contributed by atoms with Crippen LogP contribution in [-0.4, -0.2) is 193 Å². The molecular weight excluding hydrogens is 1200 g/mol. The van der Waals surface area contributed by atoms with Crippen molar-refractivity contribution in [2.24, 2.45) is 0 Å². The number of esters is 5. The largest absolute Gasteiger partial charge is 0.551 e. The molecule has 460 valence electrons. The van der Waals surface area contributed by atoms with Crippen LogP contribution in [0.5, 0.6) is 92.0 Å². The summed E-state index contributed by atoms with van der Waals surface area (Å²) in [4.78, 5) is 99.5. The lowest BCUT2D eigenvalue weighted by molar-refractivity contribution is -0.282. The highest BCUT2D eigenvalue weighted by Crippen LogP contribution is 2.54. The number of carbonyl (C=O) groups excluding carboxylic acids is 5. The van der Waals surface area contributed by atoms with Gasteiger partial charge in [0, 0.05) is 38.9 Å². The lowest BCUT2D eigenvalue weighted by atomic mass is 9.78. The van der Waals surface area contributed by atoms with Crippen molar-refractivity contribution in [2.75, 3.05) is 6.61 Å². The van der Waals surface area contributed by atoms with Crippen molar-refractivity contribution in [3.05, 3.63) is 128 Å². The SMILES string of the molecule is O=C1[OH+]C2C(O)=C(Oc3c(C(=O)OC4OC5COC(=O)c6cc(O)c(O)c(O)c6-c6c(cc(O)c(O)c6O)C(=O)OC5C(OC(=O)c5cc(O)c(O)c(O)c5)C4OC(=O)c4cc(O)c(O)c(O)c4)cc(O)c(O)c3O)C=C3C(=O)[OH+]C4C(O)=C(O)C=C1C4=C32. The molecule has 1 saturated heterocycles. The van der Waals surface area contributed by atoms with Crippen LogP contribution in [0.15, 0.2) is 99.9 Å². The molecule has 5 aromatic rings. The second kappa shape index (κ2) is 20.8. The van der Waals surface area contributed by atoms with Crippen LogP contribution in [0.25, 0.3) is 11.1 Å². The fourth-order valence-electron chi connectivity index (χ4n) is 10.1. The molecule has 0 radical (unpaired) electrons. The Morgan fingerprint density at radius 1 is 0.472 bits per heavy atom. The van der Waals surface area contributed by atoms with Crippen molar-refractivity contribution < 1.29 is 168 Å². The maximum Gasteiger partial charge on any atom is 0.551 e. The monoisotopic (exact) mass is 1240 g/mol. The van der Waals surface area contributed by atoms with Crippen molar-refractivity contribution in [1.29, 1.82) is 0 Å². The Bertz CT molecular complexity index is 4230. The average molecular weight is 1240 g/mol. The summed E-state index contributed by atoms with van der Waals surface area (Å²) >= 11 is 0. The zero-order chi connectivity index (χ0) is 64.4. The average Bonchev–Trinajstić information content (AvgIpc) is 0.934. The molecule has 11 rings (SSSR count). The first-order chi connectivity index (χ1) is 42.0. The molecular formula is C55H38O34+2. The molecule has 4 heterocycles. The van der Waals surface area contributed by atoms with E-state index in [-0.39, 0.29) is 16.7 Å². The molecule has 2 aliphatic carbocycles. The molecule has 5 aromatic carbocycles. The van der Waals surface area contributed by atoms with Gasteiger partial charge in [-0.05, 0) is 36.4 Å². The van der Waals surface area contributed by atoms with Gasteiger partial charge >= 0.3 is 41.8 Å². The minimum Gasteiger partial charge on any atom is -0.540 e. The Labute approximate surface area is 489 Å². The van der Waals surface area contributed by atoms with Crippen molar-refractivity contribution in [2.45, 2.75) is 42.9 Å². The fraction of sp³-hybridized carbons (Fsp3) is 0.145. The number of aromatic hydroxyl groups is 15. The summed E-state index contributed by atoms with van der Waals surface area (Å²) in [5.41, 5.74) is -9.02. The first-order valence-electron chi connectivity index (χ1n) is 24.9. The smallest absolute Gasteiger partial charge is 0.540 e. The third-order valence-electron chi connectivity index (χ3n) is 14.3. The molecule has 0 bridgehead atoms. The number of fused-ring (bicyclic) bond motifs is 4. The van der Waals surface area contributed by atoms with Crippen molar-refractivity contribution in [1.82, 2.24) is 0 Å². The molecule has 89 heavy (non-hydrogen) atoms. The number of rotatable bonds is 8. The van der Waals surface area contributed by atoms with E-state index in [1.54, 1.807) is 0 Å². The van der Waals surface area contributed by atoms with E-state index >= 15 is 0 Å². The molecule has 0 saturated carbocycles. The minimum absolute atomic E-state index is 0.188. The zero-order valence-corrected chi connectivity index (χ0v) is 43.6. The summed E-state index contributed by atoms with van der Waals surface area (Å²) in [5.74, 6) is -37.0. The van der Waals surface area contributed by atoms with E-state index in [0.717, 1.165) is 12.2 Å². The molecule has 34 heteroatoms. The Kier molecular flexibility index (Phi) is 13.6. The van der Waals surface area contributed by atoms with Gasteiger partial charge in [-0.25, -0.2) is 24.0 Å². The Hall–Kier alpha value is -12.8. The lowest BCUT2D eigenvalue weighted by Gasteiger charge is -2.43. The molecule has 0 aromatic heterocycles. The van der Waals surface area contributed by atoms with Gasteiger partial charge in [0.15, 0.2) is 92.7 Å². The maximum atomic E-state index is 14.9. The molecule has 7 atom stereocenters. The Morgan fingerprint density at radius 3 is 1.45 bits per heavy atom. The maximum absolute atomic E-state index is 14.9. The molecule has 1 fully saturated rings. The van der Waals surface area contributed by atoms with Gasteiger partial charge < -0.3 is 135 Å². The third-order valence-corrected chi connectivity index (χ3v) is 14.3. The fourth-order valence-corrected chi connectivity index (χ4v) is 10.1. The van der Waals surface area contributed by atoms with Gasteiger partial charge in [-0.3, -0.25) is 0 Å². The van der Waals surface area contributed by atoms with E-state index in [2.05, 4.69) is 9.47 Å². The van der Waals surface area contributed by atoms with Gasteiger partial charge in [-0.15, -0.1) is 0 Å². The van der Waals surface area contributed by atoms with Crippen LogP contribution in [0.1, 0.15) is 51.8 Å². The number of aliphatic hydroxyl groups excluding tert-OH is 3. The van der Waals surface area contributed by atoms with Gasteiger partial charge in [0.1, 0.15) is 29.4 Å². The summed E-state index contributed by atoms with van der Waals surface area (Å²) in [7, 11) is 0. The normalized spacial score (nSPS) is 21.8. The molecule has 4 aliphatic heterocycles. The summed E-state index contributed by atoms with van der Waals surface area (Å²) < 4.78 is 47.6. The second-order valence-electron chi connectivity index (χ2n) is 19.6. The molecule has 20 N–H and O–H groups in total. The summed E-state index contributed by atoms with van der Waals surface area (Å²) in [5, 5.41) is 192. The number of carbonyl (C=O) groups is 7. The molecule has 34 nitrogen and oxygen atoms in total. The molecule has 7 unspecified atom stereocenters. The minimum atomic E-state index is -2.86. The zero-order valence-electron chi connectivity index (χ0n) is 43.6. The number of aliphatic hydroxyl groups is 5. The van der Waals surface area contributed by atoms with E-state index in [1.807, 2.05) is 0 Å². The highest BCUT2D eigenvalue weighted by Gasteiger charge is 2.58. The molecule has 6 aliphatic rings. The molecule has 0 amide bonds. The number of aliphatic carboxylic acids is 2. The number of hydrogen-bond acceptors (Lipinski definition) is 32. The van der Waals surface area contributed by atoms with Crippen molar-refractivity contribution >= 4 is 41.8 Å². The predicted octanol–water partition coefficient (Wildman–Crippen LogP) is 1.19. The van der Waals surface area contributed by atoms with E-state index in [9.17, 15) is 125 Å². The van der Waals surface area contributed by atoms with Crippen LogP contribution in [0.2, 0.25) is 0 Å². The number of hydrogen-bond donors (Lipinski definition) is 18. The first-order valence-corrected chi connectivity index (χ1v) is 24.9. The topological polar surface area (TPSA) is 574 Å². The van der Waals surface area contributed by atoms with Crippen LogP contribution in [0.3, 0.4) is 0 Å². The van der Waals surface area contributed by atoms with Gasteiger partial charge in [0.2, 0.25) is 59.1 Å². The van der Waals surface area contributed by atoms with E-state index in [4.69, 9.17) is 33.2 Å². The van der Waals surface area contributed by atoms with E-state index in [1.165, 1.54) is 0 Å². The summed E-state index contributed by atoms with van der Waals surface area (Å²) in [6.07, 6.45) is -15.4. The van der Waals surface area contributed by atoms with Gasteiger partial charge in [-0.1, -0.05) is 0 Å². The van der Waals surface area contributed by atoms with Crippen molar-refractivity contribution in [3.63, 3.8) is 0 Å².